The molecule has 0 radical (unpaired) electrons. The molecule has 3 nitrogen and oxygen atoms in total. The van der Waals surface area contributed by atoms with Crippen LogP contribution >= 0.6 is 0 Å². The Kier molecular flexibility index (Phi) is 6.54. The van der Waals surface area contributed by atoms with E-state index in [-0.39, 0.29) is 5.97 Å². The molecule has 0 bridgehead atoms. The van der Waals surface area contributed by atoms with Gasteiger partial charge in [-0.1, -0.05) is 19.1 Å². The van der Waals surface area contributed by atoms with Gasteiger partial charge in [-0.3, -0.25) is 0 Å². The first-order chi connectivity index (χ1) is 6.60. The average Bonchev–Trinajstić information content (AvgIpc) is 2.03. The van der Waals surface area contributed by atoms with Crippen molar-refractivity contribution in [2.24, 2.45) is 11.7 Å². The fourth-order valence-corrected chi connectivity index (χ4v) is 1.16. The number of allylic oxidation sites excluding steroid dienone is 3. The van der Waals surface area contributed by atoms with Crippen molar-refractivity contribution in [2.45, 2.75) is 27.2 Å². The summed E-state index contributed by atoms with van der Waals surface area (Å²) in [5.41, 5.74) is 6.23. The summed E-state index contributed by atoms with van der Waals surface area (Å²) in [6, 6.07) is 0. The molecular formula is C11H19NO2. The van der Waals surface area contributed by atoms with Crippen molar-refractivity contribution in [1.29, 1.82) is 0 Å². The molecule has 0 saturated carbocycles. The van der Waals surface area contributed by atoms with Crippen LogP contribution in [0.4, 0.5) is 0 Å². The highest BCUT2D eigenvalue weighted by Crippen LogP contribution is 2.08. The third-order valence-electron chi connectivity index (χ3n) is 1.67. The third-order valence-corrected chi connectivity index (χ3v) is 1.67. The van der Waals surface area contributed by atoms with Crippen LogP contribution in [0.1, 0.15) is 27.2 Å². The molecule has 0 heterocycles. The van der Waals surface area contributed by atoms with Gasteiger partial charge in [0.05, 0.1) is 6.61 Å². The summed E-state index contributed by atoms with van der Waals surface area (Å²) < 4.78 is 4.74. The zero-order valence-electron chi connectivity index (χ0n) is 9.12. The van der Waals surface area contributed by atoms with E-state index < -0.39 is 0 Å². The lowest BCUT2D eigenvalue weighted by Crippen LogP contribution is -2.08. The number of hydrogen-bond donors (Lipinski definition) is 1. The van der Waals surface area contributed by atoms with Crippen LogP contribution < -0.4 is 5.73 Å². The number of rotatable bonds is 5. The van der Waals surface area contributed by atoms with Crippen LogP contribution in [0.25, 0.3) is 0 Å². The molecule has 0 aromatic carbocycles. The Morgan fingerprint density at radius 3 is 2.71 bits per heavy atom. The quantitative estimate of drug-likeness (QED) is 0.416. The first-order valence-corrected chi connectivity index (χ1v) is 4.85. The molecule has 0 aliphatic carbocycles. The second kappa shape index (κ2) is 7.18. The van der Waals surface area contributed by atoms with E-state index in [1.54, 1.807) is 6.92 Å². The summed E-state index contributed by atoms with van der Waals surface area (Å²) >= 11 is 0. The Balaban J connectivity index is 4.05. The van der Waals surface area contributed by atoms with Gasteiger partial charge in [-0.25, -0.2) is 4.79 Å². The maximum absolute atomic E-state index is 11.0. The summed E-state index contributed by atoms with van der Waals surface area (Å²) in [5.74, 6) is -0.0108. The van der Waals surface area contributed by atoms with Gasteiger partial charge in [-0.15, -0.1) is 0 Å². The van der Waals surface area contributed by atoms with Crippen molar-refractivity contribution in [3.05, 3.63) is 23.9 Å². The fourth-order valence-electron chi connectivity index (χ4n) is 1.16. The monoisotopic (exact) mass is 197 g/mol. The number of esters is 1. The molecule has 80 valence electrons. The third kappa shape index (κ3) is 6.29. The lowest BCUT2D eigenvalue weighted by Gasteiger charge is -2.05. The zero-order valence-corrected chi connectivity index (χ0v) is 9.12. The van der Waals surface area contributed by atoms with Crippen molar-refractivity contribution in [3.8, 4) is 0 Å². The molecule has 0 saturated heterocycles. The minimum absolute atomic E-state index is 0.352. The highest BCUT2D eigenvalue weighted by Gasteiger charge is 2.02. The molecule has 0 unspecified atom stereocenters. The topological polar surface area (TPSA) is 52.3 Å². The van der Waals surface area contributed by atoms with E-state index in [4.69, 9.17) is 10.5 Å². The lowest BCUT2D eigenvalue weighted by atomic mass is 10.1. The number of hydrogen-bond acceptors (Lipinski definition) is 3. The van der Waals surface area contributed by atoms with E-state index in [1.807, 2.05) is 26.0 Å². The Morgan fingerprint density at radius 1 is 1.57 bits per heavy atom. The molecular weight excluding hydrogens is 178 g/mol. The second-order valence-electron chi connectivity index (χ2n) is 3.18. The van der Waals surface area contributed by atoms with Gasteiger partial charge in [0.1, 0.15) is 0 Å². The molecule has 0 aromatic heterocycles. The standard InChI is InChI=1S/C11H19NO2/c1-4-6-9(3)7-10(12)8-11(13)14-5-2/h4,6,8-9H,5,7,12H2,1-3H3/b6-4+,10-8+/t9-/m0/s1. The van der Waals surface area contributed by atoms with Crippen LogP contribution in [-0.4, -0.2) is 12.6 Å². The van der Waals surface area contributed by atoms with Crippen molar-refractivity contribution in [2.75, 3.05) is 6.61 Å². The fraction of sp³-hybridized carbons (Fsp3) is 0.545. The molecule has 0 fully saturated rings. The molecule has 1 atom stereocenters. The van der Waals surface area contributed by atoms with Gasteiger partial charge in [0, 0.05) is 11.8 Å². The van der Waals surface area contributed by atoms with Crippen molar-refractivity contribution in [3.63, 3.8) is 0 Å². The summed E-state index contributed by atoms with van der Waals surface area (Å²) in [6.45, 7) is 6.16. The maximum Gasteiger partial charge on any atom is 0.332 e. The van der Waals surface area contributed by atoms with Crippen LogP contribution in [0.15, 0.2) is 23.9 Å². The van der Waals surface area contributed by atoms with Crippen LogP contribution in [0.5, 0.6) is 0 Å². The summed E-state index contributed by atoms with van der Waals surface area (Å²) in [4.78, 5) is 11.0. The molecule has 3 heteroatoms. The minimum atomic E-state index is -0.363. The molecule has 0 aliphatic heterocycles. The van der Waals surface area contributed by atoms with E-state index in [1.165, 1.54) is 6.08 Å². The maximum atomic E-state index is 11.0. The number of carbonyl (C=O) groups excluding carboxylic acids is 1. The summed E-state index contributed by atoms with van der Waals surface area (Å²) in [7, 11) is 0. The van der Waals surface area contributed by atoms with Crippen LogP contribution in [0.3, 0.4) is 0 Å². The first kappa shape index (κ1) is 12.8. The van der Waals surface area contributed by atoms with Gasteiger partial charge < -0.3 is 10.5 Å². The van der Waals surface area contributed by atoms with Gasteiger partial charge in [-0.05, 0) is 26.2 Å². The smallest absolute Gasteiger partial charge is 0.332 e. The Morgan fingerprint density at radius 2 is 2.21 bits per heavy atom. The number of carbonyl (C=O) groups is 1. The molecule has 0 aliphatic rings. The van der Waals surface area contributed by atoms with E-state index in [0.29, 0.717) is 24.6 Å². The predicted molar refractivity (Wildman–Crippen MR) is 57.5 cm³/mol. The summed E-state index contributed by atoms with van der Waals surface area (Å²) in [6.07, 6.45) is 6.06. The van der Waals surface area contributed by atoms with Gasteiger partial charge in [-0.2, -0.15) is 0 Å². The Hall–Kier alpha value is -1.25. The second-order valence-corrected chi connectivity index (χ2v) is 3.18. The predicted octanol–water partition coefficient (Wildman–Crippen LogP) is 1.99. The first-order valence-electron chi connectivity index (χ1n) is 4.85. The summed E-state index contributed by atoms with van der Waals surface area (Å²) in [5, 5.41) is 0. The van der Waals surface area contributed by atoms with Crippen molar-refractivity contribution < 1.29 is 9.53 Å². The highest BCUT2D eigenvalue weighted by molar-refractivity contribution is 5.82. The van der Waals surface area contributed by atoms with Gasteiger partial charge in [0.25, 0.3) is 0 Å². The van der Waals surface area contributed by atoms with Crippen molar-refractivity contribution >= 4 is 5.97 Å². The van der Waals surface area contributed by atoms with E-state index in [9.17, 15) is 4.79 Å². The number of ether oxygens (including phenoxy) is 1. The minimum Gasteiger partial charge on any atom is -0.463 e. The van der Waals surface area contributed by atoms with Crippen molar-refractivity contribution in [1.82, 2.24) is 0 Å². The lowest BCUT2D eigenvalue weighted by molar-refractivity contribution is -0.137. The number of nitrogens with two attached hydrogens (primary N) is 1. The largest absolute Gasteiger partial charge is 0.463 e. The van der Waals surface area contributed by atoms with Gasteiger partial charge >= 0.3 is 5.97 Å². The molecule has 0 amide bonds. The zero-order chi connectivity index (χ0) is 11.0. The molecule has 0 aromatic rings. The molecule has 0 spiro atoms. The Bertz CT molecular complexity index is 231. The molecule has 0 rings (SSSR count). The highest BCUT2D eigenvalue weighted by atomic mass is 16.5. The van der Waals surface area contributed by atoms with Gasteiger partial charge in [0.2, 0.25) is 0 Å². The van der Waals surface area contributed by atoms with E-state index in [0.717, 1.165) is 0 Å². The Labute approximate surface area is 85.6 Å². The molecule has 14 heavy (non-hydrogen) atoms. The van der Waals surface area contributed by atoms with Crippen LogP contribution in [0, 0.1) is 5.92 Å². The van der Waals surface area contributed by atoms with Crippen LogP contribution in [-0.2, 0) is 9.53 Å². The van der Waals surface area contributed by atoms with E-state index in [2.05, 4.69) is 0 Å². The normalized spacial score (nSPS) is 14.4. The molecule has 2 N–H and O–H groups in total. The average molecular weight is 197 g/mol. The SMILES string of the molecule is C/C=C/[C@H](C)C/C(N)=C\C(=O)OCC. The van der Waals surface area contributed by atoms with Gasteiger partial charge in [0.15, 0.2) is 0 Å². The van der Waals surface area contributed by atoms with E-state index >= 15 is 0 Å². The van der Waals surface area contributed by atoms with Crippen LogP contribution in [0.2, 0.25) is 0 Å².